The lowest BCUT2D eigenvalue weighted by Gasteiger charge is -2.15. The van der Waals surface area contributed by atoms with E-state index in [1.807, 2.05) is 42.5 Å². The van der Waals surface area contributed by atoms with E-state index in [9.17, 15) is 0 Å². The summed E-state index contributed by atoms with van der Waals surface area (Å²) in [4.78, 5) is 15.4. The molecule has 0 amide bonds. The summed E-state index contributed by atoms with van der Waals surface area (Å²) in [6, 6.07) is 50.5. The summed E-state index contributed by atoms with van der Waals surface area (Å²) in [5, 5.41) is 8.07. The topological polar surface area (TPSA) is 65.0 Å². The highest BCUT2D eigenvalue weighted by Crippen LogP contribution is 2.42. The van der Waals surface area contributed by atoms with Gasteiger partial charge in [-0.1, -0.05) is 127 Å². The number of hydrogen-bond acceptors (Lipinski definition) is 5. The predicted octanol–water partition coefficient (Wildman–Crippen LogP) is 12.2. The van der Waals surface area contributed by atoms with E-state index in [0.717, 1.165) is 90.3 Å². The zero-order chi connectivity index (χ0) is 34.2. The van der Waals surface area contributed by atoms with Crippen molar-refractivity contribution in [2.45, 2.75) is 12.8 Å². The van der Waals surface area contributed by atoms with E-state index in [1.165, 1.54) is 16.2 Å². The number of benzene rings is 7. The Bertz CT molecular complexity index is 3080. The van der Waals surface area contributed by atoms with Crippen LogP contribution in [0.3, 0.4) is 0 Å². The van der Waals surface area contributed by atoms with Crippen LogP contribution >= 0.6 is 0 Å². The molecule has 3 heterocycles. The second kappa shape index (κ2) is 11.3. The van der Waals surface area contributed by atoms with Gasteiger partial charge in [0.2, 0.25) is 0 Å². The molecule has 1 aliphatic rings. The van der Waals surface area contributed by atoms with Crippen LogP contribution in [0.4, 0.5) is 0 Å². The fraction of sp³-hybridized carbons (Fsp3) is 0.0426. The van der Waals surface area contributed by atoms with Crippen LogP contribution in [0.2, 0.25) is 0 Å². The molecule has 5 heteroatoms. The fourth-order valence-corrected chi connectivity index (χ4v) is 7.91. The molecule has 52 heavy (non-hydrogen) atoms. The standard InChI is InChI=1S/C47H29N3O2/c1-2-11-29(12-3-1)45-48-46(32-22-24-34-30(26-32)21-20-28-10-4-5-13-33(28)34)50-47(49-45)38-17-9-19-42-43(38)39-27-31(23-25-41(39)51-42)35-15-8-16-37-36-14-6-7-18-40(36)52-44(35)37/h1-8,10-18,20-27H,9,19H2. The summed E-state index contributed by atoms with van der Waals surface area (Å²) >= 11 is 0. The number of aryl methyl sites for hydroxylation is 1. The van der Waals surface area contributed by atoms with Crippen LogP contribution in [-0.2, 0) is 6.42 Å². The number of nitrogens with zero attached hydrogens (tertiary/aromatic N) is 3. The molecule has 0 bridgehead atoms. The molecular formula is C47H29N3O2. The second-order valence-electron chi connectivity index (χ2n) is 13.4. The number of furan rings is 2. The molecule has 7 aromatic carbocycles. The summed E-state index contributed by atoms with van der Waals surface area (Å²) in [7, 11) is 0. The van der Waals surface area contributed by atoms with Gasteiger partial charge in [0.25, 0.3) is 0 Å². The molecule has 0 saturated carbocycles. The molecular weight excluding hydrogens is 639 g/mol. The maximum Gasteiger partial charge on any atom is 0.164 e. The SMILES string of the molecule is C1=C(c2nc(-c3ccccc3)nc(-c3ccc4c(ccc5ccccc54)c3)n2)c2c(oc3ccc(-c4cccc5c4oc4ccccc45)cc23)CC1. The van der Waals surface area contributed by atoms with E-state index in [1.54, 1.807) is 0 Å². The Hall–Kier alpha value is -6.85. The van der Waals surface area contributed by atoms with E-state index in [4.69, 9.17) is 23.8 Å². The Morgan fingerprint density at radius 2 is 1.15 bits per heavy atom. The zero-order valence-electron chi connectivity index (χ0n) is 28.0. The van der Waals surface area contributed by atoms with Gasteiger partial charge in [0, 0.05) is 50.4 Å². The quantitative estimate of drug-likeness (QED) is 0.175. The number of allylic oxidation sites excluding steroid dienone is 1. The monoisotopic (exact) mass is 667 g/mol. The molecule has 0 aliphatic heterocycles. The van der Waals surface area contributed by atoms with Gasteiger partial charge in [-0.25, -0.2) is 15.0 Å². The zero-order valence-corrected chi connectivity index (χ0v) is 28.0. The van der Waals surface area contributed by atoms with Crippen LogP contribution in [0.25, 0.3) is 93.9 Å². The molecule has 0 atom stereocenters. The minimum atomic E-state index is 0.635. The first kappa shape index (κ1) is 28.9. The second-order valence-corrected chi connectivity index (χ2v) is 13.4. The molecule has 1 aliphatic carbocycles. The van der Waals surface area contributed by atoms with Gasteiger partial charge in [0.1, 0.15) is 22.5 Å². The van der Waals surface area contributed by atoms with Gasteiger partial charge in [-0.2, -0.15) is 0 Å². The van der Waals surface area contributed by atoms with Crippen LogP contribution in [-0.4, -0.2) is 15.0 Å². The van der Waals surface area contributed by atoms with E-state index in [-0.39, 0.29) is 0 Å². The van der Waals surface area contributed by atoms with Crippen molar-refractivity contribution in [3.63, 3.8) is 0 Å². The van der Waals surface area contributed by atoms with Crippen LogP contribution in [0.15, 0.2) is 161 Å². The third-order valence-corrected chi connectivity index (χ3v) is 10.4. The first-order valence-corrected chi connectivity index (χ1v) is 17.7. The maximum absolute atomic E-state index is 6.55. The van der Waals surface area contributed by atoms with E-state index in [2.05, 4.69) is 109 Å². The molecule has 11 rings (SSSR count). The van der Waals surface area contributed by atoms with Gasteiger partial charge in [-0.05, 0) is 57.8 Å². The van der Waals surface area contributed by atoms with Gasteiger partial charge >= 0.3 is 0 Å². The molecule has 5 nitrogen and oxygen atoms in total. The van der Waals surface area contributed by atoms with Crippen molar-refractivity contribution in [2.24, 2.45) is 0 Å². The fourth-order valence-electron chi connectivity index (χ4n) is 7.91. The molecule has 244 valence electrons. The number of para-hydroxylation sites is 2. The van der Waals surface area contributed by atoms with Gasteiger partial charge in [-0.15, -0.1) is 0 Å². The van der Waals surface area contributed by atoms with Crippen molar-refractivity contribution in [1.82, 2.24) is 15.0 Å². The Balaban J connectivity index is 1.08. The molecule has 0 unspecified atom stereocenters. The molecule has 0 radical (unpaired) electrons. The average molecular weight is 668 g/mol. The van der Waals surface area contributed by atoms with Crippen molar-refractivity contribution in [3.05, 3.63) is 169 Å². The number of hydrogen-bond donors (Lipinski definition) is 0. The van der Waals surface area contributed by atoms with Crippen molar-refractivity contribution in [2.75, 3.05) is 0 Å². The van der Waals surface area contributed by atoms with Crippen molar-refractivity contribution >= 4 is 60.0 Å². The third kappa shape index (κ3) is 4.53. The van der Waals surface area contributed by atoms with Crippen molar-refractivity contribution in [3.8, 4) is 33.9 Å². The summed E-state index contributed by atoms with van der Waals surface area (Å²) in [6.07, 6.45) is 3.90. The molecule has 0 saturated heterocycles. The van der Waals surface area contributed by atoms with E-state index < -0.39 is 0 Å². The lowest BCUT2D eigenvalue weighted by molar-refractivity contribution is 0.545. The van der Waals surface area contributed by atoms with Crippen LogP contribution in [0.1, 0.15) is 23.6 Å². The highest BCUT2D eigenvalue weighted by atomic mass is 16.3. The van der Waals surface area contributed by atoms with Gasteiger partial charge in [0.15, 0.2) is 17.5 Å². The normalized spacial score (nSPS) is 13.0. The van der Waals surface area contributed by atoms with E-state index >= 15 is 0 Å². The lowest BCUT2D eigenvalue weighted by atomic mass is 9.92. The number of aromatic nitrogens is 3. The lowest BCUT2D eigenvalue weighted by Crippen LogP contribution is -2.06. The molecule has 0 N–H and O–H groups in total. The maximum atomic E-state index is 6.55. The Morgan fingerprint density at radius 3 is 2.08 bits per heavy atom. The van der Waals surface area contributed by atoms with Crippen molar-refractivity contribution in [1.29, 1.82) is 0 Å². The Labute approximate surface area is 298 Å². The summed E-state index contributed by atoms with van der Waals surface area (Å²) < 4.78 is 13.0. The highest BCUT2D eigenvalue weighted by Gasteiger charge is 2.26. The number of rotatable bonds is 4. The smallest absolute Gasteiger partial charge is 0.164 e. The number of fused-ring (bicyclic) bond motifs is 9. The van der Waals surface area contributed by atoms with Gasteiger partial charge in [0.05, 0.1) is 0 Å². The van der Waals surface area contributed by atoms with Crippen LogP contribution < -0.4 is 0 Å². The molecule has 10 aromatic rings. The summed E-state index contributed by atoms with van der Waals surface area (Å²) in [5.41, 5.74) is 8.61. The molecule has 3 aromatic heterocycles. The first-order valence-electron chi connectivity index (χ1n) is 17.7. The Morgan fingerprint density at radius 1 is 0.442 bits per heavy atom. The summed E-state index contributed by atoms with van der Waals surface area (Å²) in [6.45, 7) is 0. The van der Waals surface area contributed by atoms with E-state index in [0.29, 0.717) is 17.5 Å². The predicted molar refractivity (Wildman–Crippen MR) is 210 cm³/mol. The first-order chi connectivity index (χ1) is 25.7. The molecule has 0 spiro atoms. The molecule has 0 fully saturated rings. The van der Waals surface area contributed by atoms with Gasteiger partial charge < -0.3 is 8.83 Å². The Kier molecular flexibility index (Phi) is 6.31. The van der Waals surface area contributed by atoms with Crippen LogP contribution in [0, 0.1) is 0 Å². The van der Waals surface area contributed by atoms with Crippen molar-refractivity contribution < 1.29 is 8.83 Å². The third-order valence-electron chi connectivity index (χ3n) is 10.4. The minimum Gasteiger partial charge on any atom is -0.460 e. The minimum absolute atomic E-state index is 0.635. The largest absolute Gasteiger partial charge is 0.460 e. The average Bonchev–Trinajstić information content (AvgIpc) is 3.79. The van der Waals surface area contributed by atoms with Gasteiger partial charge in [-0.3, -0.25) is 0 Å². The highest BCUT2D eigenvalue weighted by molar-refractivity contribution is 6.11. The summed E-state index contributed by atoms with van der Waals surface area (Å²) in [5.74, 6) is 2.86. The van der Waals surface area contributed by atoms with Crippen LogP contribution in [0.5, 0.6) is 0 Å².